The molecule has 3 rings (SSSR count). The van der Waals surface area contributed by atoms with Crippen molar-refractivity contribution in [3.8, 4) is 0 Å². The second kappa shape index (κ2) is 10.3. The van der Waals surface area contributed by atoms with Gasteiger partial charge in [-0.2, -0.15) is 0 Å². The number of hydrogen-bond donors (Lipinski definition) is 1. The molecule has 1 N–H and O–H groups in total. The molecule has 0 aliphatic carbocycles. The van der Waals surface area contributed by atoms with Crippen LogP contribution in [0.25, 0.3) is 0 Å². The Bertz CT molecular complexity index is 538. The predicted octanol–water partition coefficient (Wildman–Crippen LogP) is 1.30. The van der Waals surface area contributed by atoms with E-state index in [0.717, 1.165) is 45.0 Å². The number of halogens is 1. The van der Waals surface area contributed by atoms with Crippen LogP contribution in [0.2, 0.25) is 0 Å². The van der Waals surface area contributed by atoms with E-state index in [1.54, 1.807) is 7.11 Å². The molecular weight excluding hydrogens is 433 g/mol. The molecule has 25 heavy (non-hydrogen) atoms. The molecule has 1 fully saturated rings. The van der Waals surface area contributed by atoms with E-state index in [1.165, 1.54) is 24.4 Å². The number of imidazole rings is 1. The number of rotatable bonds is 5. The minimum atomic E-state index is 0. The molecule has 2 aliphatic rings. The predicted molar refractivity (Wildman–Crippen MR) is 109 cm³/mol. The van der Waals surface area contributed by atoms with E-state index in [1.807, 2.05) is 7.05 Å². The second-order valence-electron chi connectivity index (χ2n) is 6.42. The van der Waals surface area contributed by atoms with Gasteiger partial charge in [-0.1, -0.05) is 0 Å². The minimum absolute atomic E-state index is 0. The van der Waals surface area contributed by atoms with Gasteiger partial charge in [0.2, 0.25) is 0 Å². The Kier molecular flexibility index (Phi) is 8.44. The molecule has 7 nitrogen and oxygen atoms in total. The lowest BCUT2D eigenvalue weighted by Gasteiger charge is -2.34. The molecule has 142 valence electrons. The first-order chi connectivity index (χ1) is 11.8. The van der Waals surface area contributed by atoms with Crippen molar-refractivity contribution in [3.05, 3.63) is 17.7 Å². The molecule has 0 bridgehead atoms. The summed E-state index contributed by atoms with van der Waals surface area (Å²) in [5, 5.41) is 3.46. The number of aryl methyl sites for hydroxylation is 2. The molecule has 3 heterocycles. The van der Waals surface area contributed by atoms with E-state index in [2.05, 4.69) is 26.0 Å². The first-order valence-corrected chi connectivity index (χ1v) is 8.91. The fraction of sp³-hybridized carbons (Fsp3) is 0.765. The van der Waals surface area contributed by atoms with E-state index >= 15 is 0 Å². The van der Waals surface area contributed by atoms with Crippen LogP contribution in [-0.2, 0) is 28.9 Å². The largest absolute Gasteiger partial charge is 0.382 e. The standard InChI is InChI=1S/C17H29N5O2.HI/c1-18-17(22-9-10-24-15(12-22)13-23-2)19-7-6-14-11-21-8-4-3-5-16(21)20-14;/h11,15H,3-10,12-13H2,1-2H3,(H,18,19);1H. The summed E-state index contributed by atoms with van der Waals surface area (Å²) in [5.41, 5.74) is 1.18. The highest BCUT2D eigenvalue weighted by Gasteiger charge is 2.22. The molecule has 1 aromatic heterocycles. The van der Waals surface area contributed by atoms with Gasteiger partial charge in [0.05, 0.1) is 25.0 Å². The number of methoxy groups -OCH3 is 1. The Morgan fingerprint density at radius 1 is 1.44 bits per heavy atom. The number of ether oxygens (including phenoxy) is 2. The molecule has 1 aromatic rings. The summed E-state index contributed by atoms with van der Waals surface area (Å²) in [5.74, 6) is 2.18. The lowest BCUT2D eigenvalue weighted by atomic mass is 10.2. The summed E-state index contributed by atoms with van der Waals surface area (Å²) in [6.45, 7) is 4.96. The highest BCUT2D eigenvalue weighted by atomic mass is 127. The maximum atomic E-state index is 5.70. The summed E-state index contributed by atoms with van der Waals surface area (Å²) >= 11 is 0. The summed E-state index contributed by atoms with van der Waals surface area (Å²) in [4.78, 5) is 11.4. The van der Waals surface area contributed by atoms with E-state index in [9.17, 15) is 0 Å². The van der Waals surface area contributed by atoms with Gasteiger partial charge in [0, 0.05) is 59.4 Å². The third kappa shape index (κ3) is 5.55. The second-order valence-corrected chi connectivity index (χ2v) is 6.42. The van der Waals surface area contributed by atoms with Gasteiger partial charge in [-0.3, -0.25) is 4.99 Å². The number of guanidine groups is 1. The topological polar surface area (TPSA) is 63.9 Å². The van der Waals surface area contributed by atoms with E-state index in [-0.39, 0.29) is 30.1 Å². The Hall–Kier alpha value is -0.870. The molecular formula is C17H30IN5O2. The van der Waals surface area contributed by atoms with Gasteiger partial charge < -0.3 is 24.3 Å². The molecule has 1 atom stereocenters. The Morgan fingerprint density at radius 2 is 2.32 bits per heavy atom. The van der Waals surface area contributed by atoms with Crippen LogP contribution in [0, 0.1) is 0 Å². The van der Waals surface area contributed by atoms with Crippen LogP contribution < -0.4 is 5.32 Å². The van der Waals surface area contributed by atoms with Crippen LogP contribution in [0.15, 0.2) is 11.2 Å². The van der Waals surface area contributed by atoms with Crippen molar-refractivity contribution in [2.45, 2.75) is 38.3 Å². The monoisotopic (exact) mass is 463 g/mol. The van der Waals surface area contributed by atoms with Crippen molar-refractivity contribution < 1.29 is 9.47 Å². The van der Waals surface area contributed by atoms with Gasteiger partial charge in [0.1, 0.15) is 5.82 Å². The molecule has 0 radical (unpaired) electrons. The maximum Gasteiger partial charge on any atom is 0.193 e. The average molecular weight is 463 g/mol. The first kappa shape index (κ1) is 20.4. The summed E-state index contributed by atoms with van der Waals surface area (Å²) < 4.78 is 13.2. The molecule has 0 amide bonds. The zero-order valence-corrected chi connectivity index (χ0v) is 17.6. The SMILES string of the molecule is CN=C(NCCc1cn2c(n1)CCCC2)N1CCOC(COC)C1.I. The maximum absolute atomic E-state index is 5.70. The van der Waals surface area contributed by atoms with E-state index < -0.39 is 0 Å². The van der Waals surface area contributed by atoms with Crippen molar-refractivity contribution >= 4 is 29.9 Å². The van der Waals surface area contributed by atoms with Gasteiger partial charge in [-0.25, -0.2) is 4.98 Å². The molecule has 8 heteroatoms. The third-order valence-electron chi connectivity index (χ3n) is 4.63. The lowest BCUT2D eigenvalue weighted by molar-refractivity contribution is -0.0447. The molecule has 0 aromatic carbocycles. The highest BCUT2D eigenvalue weighted by Crippen LogP contribution is 2.14. The van der Waals surface area contributed by atoms with Crippen molar-refractivity contribution in [2.75, 3.05) is 47.0 Å². The summed E-state index contributed by atoms with van der Waals surface area (Å²) in [7, 11) is 3.54. The van der Waals surface area contributed by atoms with Crippen LogP contribution >= 0.6 is 24.0 Å². The molecule has 2 aliphatic heterocycles. The fourth-order valence-corrected chi connectivity index (χ4v) is 3.43. The molecule has 1 saturated heterocycles. The van der Waals surface area contributed by atoms with Crippen LogP contribution in [0.1, 0.15) is 24.4 Å². The average Bonchev–Trinajstić information content (AvgIpc) is 3.02. The first-order valence-electron chi connectivity index (χ1n) is 8.91. The third-order valence-corrected chi connectivity index (χ3v) is 4.63. The zero-order valence-electron chi connectivity index (χ0n) is 15.2. The van der Waals surface area contributed by atoms with Gasteiger partial charge in [-0.15, -0.1) is 24.0 Å². The van der Waals surface area contributed by atoms with Crippen molar-refractivity contribution in [1.82, 2.24) is 19.8 Å². The van der Waals surface area contributed by atoms with E-state index in [0.29, 0.717) is 13.2 Å². The van der Waals surface area contributed by atoms with Gasteiger partial charge in [0.15, 0.2) is 5.96 Å². The quantitative estimate of drug-likeness (QED) is 0.406. The normalized spacial score (nSPS) is 20.8. The fourth-order valence-electron chi connectivity index (χ4n) is 3.43. The van der Waals surface area contributed by atoms with Gasteiger partial charge in [-0.05, 0) is 12.8 Å². The number of morpholine rings is 1. The van der Waals surface area contributed by atoms with Crippen molar-refractivity contribution in [3.63, 3.8) is 0 Å². The van der Waals surface area contributed by atoms with Crippen molar-refractivity contribution in [2.24, 2.45) is 4.99 Å². The van der Waals surface area contributed by atoms with Crippen molar-refractivity contribution in [1.29, 1.82) is 0 Å². The van der Waals surface area contributed by atoms with Crippen LogP contribution in [-0.4, -0.2) is 73.5 Å². The van der Waals surface area contributed by atoms with Gasteiger partial charge in [0.25, 0.3) is 0 Å². The number of nitrogens with zero attached hydrogens (tertiary/aromatic N) is 4. The Balaban J connectivity index is 0.00000225. The van der Waals surface area contributed by atoms with E-state index in [4.69, 9.17) is 14.5 Å². The van der Waals surface area contributed by atoms with Crippen LogP contribution in [0.5, 0.6) is 0 Å². The number of fused-ring (bicyclic) bond motifs is 1. The van der Waals surface area contributed by atoms with Crippen LogP contribution in [0.3, 0.4) is 0 Å². The van der Waals surface area contributed by atoms with Crippen LogP contribution in [0.4, 0.5) is 0 Å². The number of nitrogens with one attached hydrogen (secondary N) is 1. The molecule has 1 unspecified atom stereocenters. The lowest BCUT2D eigenvalue weighted by Crippen LogP contribution is -2.51. The zero-order chi connectivity index (χ0) is 16.8. The minimum Gasteiger partial charge on any atom is -0.382 e. The Labute approximate surface area is 167 Å². The number of aliphatic imine (C=N–C) groups is 1. The molecule has 0 saturated carbocycles. The number of aromatic nitrogens is 2. The number of hydrogen-bond acceptors (Lipinski definition) is 4. The van der Waals surface area contributed by atoms with Gasteiger partial charge >= 0.3 is 0 Å². The molecule has 0 spiro atoms. The smallest absolute Gasteiger partial charge is 0.193 e. The Morgan fingerprint density at radius 3 is 3.08 bits per heavy atom. The highest BCUT2D eigenvalue weighted by molar-refractivity contribution is 14.0. The summed E-state index contributed by atoms with van der Waals surface area (Å²) in [6.07, 6.45) is 6.90. The summed E-state index contributed by atoms with van der Waals surface area (Å²) in [6, 6.07) is 0.